The first-order chi connectivity index (χ1) is 14.7. The molecular weight excluding hydrogens is 382 g/mol. The third kappa shape index (κ3) is 3.39. The van der Waals surface area contributed by atoms with Gasteiger partial charge in [-0.3, -0.25) is 0 Å². The Morgan fingerprint density at radius 3 is 2.70 bits per heavy atom. The van der Waals surface area contributed by atoms with Crippen LogP contribution in [-0.4, -0.2) is 60.0 Å². The van der Waals surface area contributed by atoms with E-state index in [2.05, 4.69) is 20.9 Å². The highest BCUT2D eigenvalue weighted by Crippen LogP contribution is 2.39. The van der Waals surface area contributed by atoms with Crippen molar-refractivity contribution in [2.75, 3.05) is 49.8 Å². The number of anilines is 3. The molecule has 1 N–H and O–H groups in total. The van der Waals surface area contributed by atoms with Crippen LogP contribution in [0.4, 0.5) is 17.5 Å². The molecule has 2 aliphatic heterocycles. The first-order valence-corrected chi connectivity index (χ1v) is 10.0. The molecular formula is C22H23N5O3. The highest BCUT2D eigenvalue weighted by molar-refractivity contribution is 5.77. The fourth-order valence-electron chi connectivity index (χ4n) is 3.95. The van der Waals surface area contributed by atoms with Crippen molar-refractivity contribution in [1.82, 2.24) is 15.0 Å². The van der Waals surface area contributed by atoms with Gasteiger partial charge in [-0.1, -0.05) is 12.1 Å². The number of benzene rings is 1. The molecule has 0 amide bonds. The normalized spacial score (nSPS) is 15.9. The molecule has 0 saturated carbocycles. The van der Waals surface area contributed by atoms with Crippen LogP contribution in [0.15, 0.2) is 42.6 Å². The predicted octanol–water partition coefficient (Wildman–Crippen LogP) is 2.78. The van der Waals surface area contributed by atoms with E-state index in [-0.39, 0.29) is 5.88 Å². The summed E-state index contributed by atoms with van der Waals surface area (Å²) in [5, 5.41) is 9.57. The molecule has 0 bridgehead atoms. The standard InChI is InChI=1S/C22H23N5O3/c1-29-17-4-2-3-15(13-17)20-18-7-8-27(16-5-6-19(28)23-14-16)21(18)25-22(24-20)26-9-11-30-12-10-26/h2-6,13-14H,7-12H2,1H3,(H,23,28). The van der Waals surface area contributed by atoms with Crippen molar-refractivity contribution in [3.63, 3.8) is 0 Å². The molecule has 5 rings (SSSR count). The fraction of sp³-hybridized carbons (Fsp3) is 0.318. The van der Waals surface area contributed by atoms with E-state index in [1.54, 1.807) is 19.4 Å². The molecule has 4 heterocycles. The Kier molecular flexibility index (Phi) is 4.84. The number of aromatic nitrogens is 3. The van der Waals surface area contributed by atoms with Gasteiger partial charge >= 0.3 is 0 Å². The van der Waals surface area contributed by atoms with Gasteiger partial charge in [-0.15, -0.1) is 0 Å². The SMILES string of the molecule is COc1cccc(-c2nc(N3CCOCC3)nc3c2CCN3c2ccc(O)nc2)c1. The van der Waals surface area contributed by atoms with E-state index in [0.29, 0.717) is 19.2 Å². The zero-order valence-electron chi connectivity index (χ0n) is 16.8. The van der Waals surface area contributed by atoms with Crippen molar-refractivity contribution in [3.8, 4) is 22.9 Å². The summed E-state index contributed by atoms with van der Waals surface area (Å²) in [6.07, 6.45) is 2.50. The number of aromatic hydroxyl groups is 1. The molecule has 0 unspecified atom stereocenters. The monoisotopic (exact) mass is 405 g/mol. The number of hydrogen-bond acceptors (Lipinski definition) is 8. The lowest BCUT2D eigenvalue weighted by Crippen LogP contribution is -2.37. The van der Waals surface area contributed by atoms with E-state index >= 15 is 0 Å². The van der Waals surface area contributed by atoms with Crippen molar-refractivity contribution in [1.29, 1.82) is 0 Å². The minimum Gasteiger partial charge on any atom is -0.497 e. The zero-order valence-corrected chi connectivity index (χ0v) is 16.8. The summed E-state index contributed by atoms with van der Waals surface area (Å²) in [4.78, 5) is 18.3. The van der Waals surface area contributed by atoms with Crippen LogP contribution >= 0.6 is 0 Å². The van der Waals surface area contributed by atoms with Gasteiger partial charge in [-0.2, -0.15) is 4.98 Å². The van der Waals surface area contributed by atoms with Crippen molar-refractivity contribution >= 4 is 17.5 Å². The Balaban J connectivity index is 1.64. The molecule has 2 aliphatic rings. The summed E-state index contributed by atoms with van der Waals surface area (Å²) >= 11 is 0. The molecule has 1 fully saturated rings. The predicted molar refractivity (Wildman–Crippen MR) is 114 cm³/mol. The van der Waals surface area contributed by atoms with Gasteiger partial charge in [0.2, 0.25) is 11.8 Å². The van der Waals surface area contributed by atoms with Crippen LogP contribution in [0.1, 0.15) is 5.56 Å². The van der Waals surface area contributed by atoms with Crippen LogP contribution in [0.25, 0.3) is 11.3 Å². The lowest BCUT2D eigenvalue weighted by Gasteiger charge is -2.28. The molecule has 3 aromatic rings. The van der Waals surface area contributed by atoms with Crippen molar-refractivity contribution in [3.05, 3.63) is 48.2 Å². The van der Waals surface area contributed by atoms with E-state index in [0.717, 1.165) is 60.1 Å². The molecule has 0 radical (unpaired) electrons. The van der Waals surface area contributed by atoms with E-state index in [1.807, 2.05) is 24.3 Å². The van der Waals surface area contributed by atoms with Gasteiger partial charge in [0, 0.05) is 36.8 Å². The van der Waals surface area contributed by atoms with Crippen molar-refractivity contribution < 1.29 is 14.6 Å². The van der Waals surface area contributed by atoms with E-state index < -0.39 is 0 Å². The molecule has 8 heteroatoms. The first kappa shape index (κ1) is 18.6. The van der Waals surface area contributed by atoms with Gasteiger partial charge in [0.05, 0.1) is 37.9 Å². The second kappa shape index (κ2) is 7.79. The molecule has 0 atom stereocenters. The molecule has 0 aliphatic carbocycles. The number of nitrogens with zero attached hydrogens (tertiary/aromatic N) is 5. The Hall–Kier alpha value is -3.39. The molecule has 0 spiro atoms. The van der Waals surface area contributed by atoms with Crippen LogP contribution in [-0.2, 0) is 11.2 Å². The van der Waals surface area contributed by atoms with Crippen LogP contribution in [0, 0.1) is 0 Å². The van der Waals surface area contributed by atoms with E-state index in [9.17, 15) is 5.11 Å². The average Bonchev–Trinajstić information content (AvgIpc) is 3.23. The third-order valence-electron chi connectivity index (χ3n) is 5.50. The summed E-state index contributed by atoms with van der Waals surface area (Å²) in [5.74, 6) is 2.39. The second-order valence-corrected chi connectivity index (χ2v) is 7.28. The molecule has 2 aromatic heterocycles. The van der Waals surface area contributed by atoms with Gasteiger partial charge in [-0.05, 0) is 24.6 Å². The van der Waals surface area contributed by atoms with Crippen molar-refractivity contribution in [2.24, 2.45) is 0 Å². The van der Waals surface area contributed by atoms with E-state index in [4.69, 9.17) is 19.4 Å². The van der Waals surface area contributed by atoms with Gasteiger partial charge in [0.1, 0.15) is 11.6 Å². The first-order valence-electron chi connectivity index (χ1n) is 10.0. The highest BCUT2D eigenvalue weighted by atomic mass is 16.5. The molecule has 8 nitrogen and oxygen atoms in total. The van der Waals surface area contributed by atoms with Crippen LogP contribution in [0.2, 0.25) is 0 Å². The fourth-order valence-corrected chi connectivity index (χ4v) is 3.95. The lowest BCUT2D eigenvalue weighted by atomic mass is 10.1. The summed E-state index contributed by atoms with van der Waals surface area (Å²) in [6, 6.07) is 11.4. The van der Waals surface area contributed by atoms with Gasteiger partial charge in [0.25, 0.3) is 0 Å². The van der Waals surface area contributed by atoms with Gasteiger partial charge in [-0.25, -0.2) is 9.97 Å². The summed E-state index contributed by atoms with van der Waals surface area (Å²) in [5.41, 5.74) is 3.94. The number of morpholine rings is 1. The largest absolute Gasteiger partial charge is 0.497 e. The van der Waals surface area contributed by atoms with E-state index in [1.165, 1.54) is 0 Å². The molecule has 30 heavy (non-hydrogen) atoms. The Labute approximate surface area is 174 Å². The maximum absolute atomic E-state index is 9.57. The zero-order chi connectivity index (χ0) is 20.5. The minimum atomic E-state index is 0.00642. The minimum absolute atomic E-state index is 0.00642. The lowest BCUT2D eigenvalue weighted by molar-refractivity contribution is 0.122. The van der Waals surface area contributed by atoms with Gasteiger partial charge < -0.3 is 24.4 Å². The Morgan fingerprint density at radius 2 is 1.93 bits per heavy atom. The Bertz CT molecular complexity index is 1050. The second-order valence-electron chi connectivity index (χ2n) is 7.28. The number of methoxy groups -OCH3 is 1. The number of hydrogen-bond donors (Lipinski definition) is 1. The number of ether oxygens (including phenoxy) is 2. The maximum Gasteiger partial charge on any atom is 0.228 e. The quantitative estimate of drug-likeness (QED) is 0.709. The summed E-state index contributed by atoms with van der Waals surface area (Å²) in [7, 11) is 1.67. The number of rotatable bonds is 4. The van der Waals surface area contributed by atoms with Crippen LogP contribution < -0.4 is 14.5 Å². The maximum atomic E-state index is 9.57. The summed E-state index contributed by atoms with van der Waals surface area (Å²) in [6.45, 7) is 3.63. The summed E-state index contributed by atoms with van der Waals surface area (Å²) < 4.78 is 10.9. The number of pyridine rings is 1. The number of fused-ring (bicyclic) bond motifs is 1. The third-order valence-corrected chi connectivity index (χ3v) is 5.50. The average molecular weight is 405 g/mol. The highest BCUT2D eigenvalue weighted by Gasteiger charge is 2.29. The van der Waals surface area contributed by atoms with Crippen molar-refractivity contribution in [2.45, 2.75) is 6.42 Å². The molecule has 154 valence electrons. The molecule has 1 saturated heterocycles. The topological polar surface area (TPSA) is 83.8 Å². The van der Waals surface area contributed by atoms with Gasteiger partial charge in [0.15, 0.2) is 0 Å². The van der Waals surface area contributed by atoms with Crippen LogP contribution in [0.5, 0.6) is 11.6 Å². The Morgan fingerprint density at radius 1 is 1.07 bits per heavy atom. The smallest absolute Gasteiger partial charge is 0.228 e. The molecule has 1 aromatic carbocycles. The van der Waals surface area contributed by atoms with Crippen LogP contribution in [0.3, 0.4) is 0 Å².